The van der Waals surface area contributed by atoms with Crippen molar-refractivity contribution in [2.45, 2.75) is 20.4 Å². The zero-order chi connectivity index (χ0) is 18.7. The van der Waals surface area contributed by atoms with Crippen molar-refractivity contribution in [3.8, 4) is 5.69 Å². The number of amides is 1. The van der Waals surface area contributed by atoms with Gasteiger partial charge in [0.15, 0.2) is 6.54 Å². The van der Waals surface area contributed by atoms with Crippen LogP contribution in [0.25, 0.3) is 5.69 Å². The minimum Gasteiger partial charge on any atom is -0.325 e. The third kappa shape index (κ3) is 4.72. The summed E-state index contributed by atoms with van der Waals surface area (Å²) in [5.41, 5.74) is 2.96. The van der Waals surface area contributed by atoms with Gasteiger partial charge in [-0.3, -0.25) is 4.79 Å². The van der Waals surface area contributed by atoms with Crippen LogP contribution in [0, 0.1) is 13.8 Å². The summed E-state index contributed by atoms with van der Waals surface area (Å²) in [7, 11) is 2.00. The smallest absolute Gasteiger partial charge is 0.280 e. The van der Waals surface area contributed by atoms with E-state index in [0.717, 1.165) is 27.2 Å². The number of thiophene rings is 1. The van der Waals surface area contributed by atoms with Crippen LogP contribution in [0.3, 0.4) is 0 Å². The molecule has 0 aliphatic carbocycles. The number of quaternary nitrogens is 1. The summed E-state index contributed by atoms with van der Waals surface area (Å²) in [6.45, 7) is 5.09. The quantitative estimate of drug-likeness (QED) is 0.681. The fraction of sp³-hybridized carbons (Fsp3) is 0.263. The van der Waals surface area contributed by atoms with E-state index < -0.39 is 0 Å². The largest absolute Gasteiger partial charge is 0.325 e. The number of aromatic nitrogens is 2. The lowest BCUT2D eigenvalue weighted by Gasteiger charge is -2.13. The number of hydrogen-bond donors (Lipinski definition) is 2. The lowest BCUT2D eigenvalue weighted by atomic mass is 10.2. The summed E-state index contributed by atoms with van der Waals surface area (Å²) in [6.07, 6.45) is 0. The van der Waals surface area contributed by atoms with Gasteiger partial charge in [0.2, 0.25) is 0 Å². The molecule has 0 fully saturated rings. The summed E-state index contributed by atoms with van der Waals surface area (Å²) in [4.78, 5) is 14.7. The van der Waals surface area contributed by atoms with Crippen LogP contribution in [0.5, 0.6) is 0 Å². The minimum absolute atomic E-state index is 0.0431. The number of carbonyl (C=O) groups excluding carboxylic acids is 1. The second-order valence-corrected chi connectivity index (χ2v) is 8.28. The lowest BCUT2D eigenvalue weighted by molar-refractivity contribution is -0.884. The van der Waals surface area contributed by atoms with Crippen LogP contribution in [-0.2, 0) is 11.3 Å². The molecule has 0 spiro atoms. The second-order valence-electron chi connectivity index (χ2n) is 6.48. The lowest BCUT2D eigenvalue weighted by Crippen LogP contribution is -3.08. The monoisotopic (exact) mass is 389 g/mol. The van der Waals surface area contributed by atoms with Gasteiger partial charge in [-0.2, -0.15) is 5.10 Å². The SMILES string of the molecule is Cc1ccc(-n2nc(C)cc2NC(=O)C[NH+](C)Cc2ccc(Cl)s2)cc1. The number of aryl methyl sites for hydroxylation is 2. The van der Waals surface area contributed by atoms with Crippen LogP contribution in [0.1, 0.15) is 16.1 Å². The Hall–Kier alpha value is -2.15. The standard InChI is InChI=1S/C19H21ClN4OS/c1-13-4-6-15(7-5-13)24-18(10-14(2)22-24)21-19(25)12-23(3)11-16-8-9-17(20)26-16/h4-10H,11-12H2,1-3H3,(H,21,25)/p+1. The van der Waals surface area contributed by atoms with Gasteiger partial charge < -0.3 is 10.2 Å². The van der Waals surface area contributed by atoms with E-state index in [2.05, 4.69) is 10.4 Å². The van der Waals surface area contributed by atoms with Crippen molar-refractivity contribution in [2.24, 2.45) is 0 Å². The fourth-order valence-electron chi connectivity index (χ4n) is 2.74. The molecule has 0 radical (unpaired) electrons. The van der Waals surface area contributed by atoms with E-state index in [0.29, 0.717) is 12.4 Å². The number of nitrogens with zero attached hydrogens (tertiary/aromatic N) is 2. The average molecular weight is 390 g/mol. The zero-order valence-electron chi connectivity index (χ0n) is 15.0. The molecule has 3 aromatic rings. The average Bonchev–Trinajstić information content (AvgIpc) is 3.13. The molecule has 0 bridgehead atoms. The van der Waals surface area contributed by atoms with E-state index in [9.17, 15) is 4.79 Å². The molecule has 2 heterocycles. The predicted molar refractivity (Wildman–Crippen MR) is 106 cm³/mol. The molecule has 1 amide bonds. The topological polar surface area (TPSA) is 51.4 Å². The van der Waals surface area contributed by atoms with Crippen LogP contribution in [-0.4, -0.2) is 29.3 Å². The van der Waals surface area contributed by atoms with Crippen LogP contribution < -0.4 is 10.2 Å². The number of anilines is 1. The van der Waals surface area contributed by atoms with Crippen molar-refractivity contribution in [3.63, 3.8) is 0 Å². The summed E-state index contributed by atoms with van der Waals surface area (Å²) in [5.74, 6) is 0.640. The van der Waals surface area contributed by atoms with E-state index in [1.165, 1.54) is 10.4 Å². The number of halogens is 1. The molecule has 0 aliphatic rings. The van der Waals surface area contributed by atoms with E-state index in [1.54, 1.807) is 16.0 Å². The van der Waals surface area contributed by atoms with Crippen LogP contribution in [0.4, 0.5) is 5.82 Å². The predicted octanol–water partition coefficient (Wildman–Crippen LogP) is 2.86. The number of hydrogen-bond acceptors (Lipinski definition) is 3. The molecule has 136 valence electrons. The summed E-state index contributed by atoms with van der Waals surface area (Å²) in [6, 6.07) is 13.8. The molecule has 1 unspecified atom stereocenters. The highest BCUT2D eigenvalue weighted by Gasteiger charge is 2.15. The van der Waals surface area contributed by atoms with Gasteiger partial charge in [-0.1, -0.05) is 29.3 Å². The van der Waals surface area contributed by atoms with Crippen LogP contribution >= 0.6 is 22.9 Å². The number of likely N-dealkylation sites (N-methyl/N-ethyl adjacent to an activating group) is 1. The van der Waals surface area contributed by atoms with Crippen LogP contribution in [0.2, 0.25) is 4.34 Å². The maximum Gasteiger partial charge on any atom is 0.280 e. The third-order valence-electron chi connectivity index (χ3n) is 3.94. The first-order valence-corrected chi connectivity index (χ1v) is 9.59. The van der Waals surface area contributed by atoms with Crippen molar-refractivity contribution in [1.82, 2.24) is 9.78 Å². The van der Waals surface area contributed by atoms with Crippen molar-refractivity contribution < 1.29 is 9.69 Å². The molecule has 7 heteroatoms. The van der Waals surface area contributed by atoms with Crippen molar-refractivity contribution >= 4 is 34.7 Å². The van der Waals surface area contributed by atoms with Crippen molar-refractivity contribution in [2.75, 3.05) is 18.9 Å². The van der Waals surface area contributed by atoms with E-state index in [4.69, 9.17) is 11.6 Å². The van der Waals surface area contributed by atoms with Gasteiger partial charge in [-0.05, 0) is 38.1 Å². The molecule has 1 aromatic carbocycles. The maximum absolute atomic E-state index is 12.5. The number of carbonyl (C=O) groups is 1. The molecule has 2 aromatic heterocycles. The Bertz CT molecular complexity index is 901. The van der Waals surface area contributed by atoms with E-state index in [1.807, 2.05) is 63.4 Å². The first kappa shape index (κ1) is 18.6. The molecular formula is C19H22ClN4OS+. The third-order valence-corrected chi connectivity index (χ3v) is 5.18. The number of benzene rings is 1. The molecule has 2 N–H and O–H groups in total. The van der Waals surface area contributed by atoms with Gasteiger partial charge >= 0.3 is 0 Å². The summed E-state index contributed by atoms with van der Waals surface area (Å²) in [5, 5.41) is 7.48. The van der Waals surface area contributed by atoms with E-state index in [-0.39, 0.29) is 5.91 Å². The summed E-state index contributed by atoms with van der Waals surface area (Å²) >= 11 is 7.51. The fourth-order valence-corrected chi connectivity index (χ4v) is 3.94. The maximum atomic E-state index is 12.5. The number of rotatable bonds is 6. The minimum atomic E-state index is -0.0431. The Kier molecular flexibility index (Phi) is 5.76. The Labute approximate surface area is 162 Å². The highest BCUT2D eigenvalue weighted by Crippen LogP contribution is 2.20. The first-order valence-electron chi connectivity index (χ1n) is 8.40. The Morgan fingerprint density at radius 3 is 2.62 bits per heavy atom. The highest BCUT2D eigenvalue weighted by molar-refractivity contribution is 7.16. The Morgan fingerprint density at radius 1 is 1.23 bits per heavy atom. The van der Waals surface area contributed by atoms with Crippen molar-refractivity contribution in [3.05, 3.63) is 62.9 Å². The first-order chi connectivity index (χ1) is 12.4. The van der Waals surface area contributed by atoms with E-state index >= 15 is 0 Å². The molecule has 1 atom stereocenters. The van der Waals surface area contributed by atoms with Gasteiger partial charge in [0.05, 0.1) is 27.6 Å². The number of nitrogens with one attached hydrogen (secondary N) is 2. The van der Waals surface area contributed by atoms with Gasteiger partial charge in [0.1, 0.15) is 12.4 Å². The van der Waals surface area contributed by atoms with Gasteiger partial charge in [0.25, 0.3) is 5.91 Å². The molecule has 0 saturated carbocycles. The van der Waals surface area contributed by atoms with Crippen molar-refractivity contribution in [1.29, 1.82) is 0 Å². The highest BCUT2D eigenvalue weighted by atomic mass is 35.5. The van der Waals surface area contributed by atoms with Gasteiger partial charge in [0, 0.05) is 6.07 Å². The summed E-state index contributed by atoms with van der Waals surface area (Å²) < 4.78 is 2.54. The zero-order valence-corrected chi connectivity index (χ0v) is 16.6. The molecular weight excluding hydrogens is 368 g/mol. The Morgan fingerprint density at radius 2 is 1.96 bits per heavy atom. The Balaban J connectivity index is 1.66. The molecule has 0 aliphatic heterocycles. The van der Waals surface area contributed by atoms with Gasteiger partial charge in [-0.25, -0.2) is 4.68 Å². The normalized spacial score (nSPS) is 12.2. The molecule has 26 heavy (non-hydrogen) atoms. The van der Waals surface area contributed by atoms with Gasteiger partial charge in [-0.15, -0.1) is 11.3 Å². The molecule has 0 saturated heterocycles. The molecule has 5 nitrogen and oxygen atoms in total. The molecule has 3 rings (SSSR count). The van der Waals surface area contributed by atoms with Crippen LogP contribution in [0.15, 0.2) is 42.5 Å². The second kappa shape index (κ2) is 8.03.